The predicted octanol–water partition coefficient (Wildman–Crippen LogP) is 7.72. The molecular weight excluding hydrogens is 811 g/mol. The number of nitrogens with two attached hydrogens (primary N) is 2. The number of hydrogen-bond donors (Lipinski definition) is 5. The fourth-order valence-electron chi connectivity index (χ4n) is 5.76. The molecule has 302 valence electrons. The monoisotopic (exact) mass is 841 g/mol. The summed E-state index contributed by atoms with van der Waals surface area (Å²) in [6, 6.07) is 20.6. The van der Waals surface area contributed by atoms with Crippen LogP contribution in [0.2, 0.25) is 0 Å². The molecule has 5 aromatic rings. The zero-order valence-corrected chi connectivity index (χ0v) is 32.5. The molecule has 6 rings (SSSR count). The lowest BCUT2D eigenvalue weighted by molar-refractivity contribution is -0.384. The Balaban J connectivity index is 1.35. The maximum Gasteiger partial charge on any atom is 0.296 e. The van der Waals surface area contributed by atoms with Crippen molar-refractivity contribution in [3.63, 3.8) is 0 Å². The molecule has 0 spiro atoms. The fraction of sp³-hybridized carbons (Fsp3) is 0.0811. The van der Waals surface area contributed by atoms with Crippen LogP contribution < -0.4 is 26.4 Å². The first kappa shape index (κ1) is 41.2. The first-order valence-corrected chi connectivity index (χ1v) is 19.6. The van der Waals surface area contributed by atoms with Crippen LogP contribution in [0, 0.1) is 17.0 Å². The number of nitro benzene ring substituents is 1. The number of anilines is 3. The molecule has 1 aliphatic carbocycles. The molecule has 59 heavy (non-hydrogen) atoms. The Morgan fingerprint density at radius 2 is 1.39 bits per heavy atom. The smallest absolute Gasteiger partial charge is 0.296 e. The van der Waals surface area contributed by atoms with Gasteiger partial charge < -0.3 is 20.9 Å². The van der Waals surface area contributed by atoms with E-state index >= 15 is 0 Å². The van der Waals surface area contributed by atoms with Crippen molar-refractivity contribution in [2.45, 2.75) is 11.8 Å². The first-order chi connectivity index (χ1) is 27.9. The fourth-order valence-corrected chi connectivity index (χ4v) is 7.09. The minimum Gasteiger partial charge on any atom is -0.494 e. The molecule has 0 saturated heterocycles. The van der Waals surface area contributed by atoms with E-state index in [4.69, 9.17) is 20.9 Å². The molecule has 20 nitrogen and oxygen atoms in total. The van der Waals surface area contributed by atoms with Gasteiger partial charge in [-0.15, -0.1) is 10.2 Å². The summed E-state index contributed by atoms with van der Waals surface area (Å²) in [5, 5.41) is 31.3. The largest absolute Gasteiger partial charge is 0.494 e. The van der Waals surface area contributed by atoms with Crippen LogP contribution in [0.4, 0.5) is 45.5 Å². The Morgan fingerprint density at radius 3 is 2.00 bits per heavy atom. The highest BCUT2D eigenvalue weighted by atomic mass is 32.2. The van der Waals surface area contributed by atoms with E-state index < -0.39 is 69.0 Å². The first-order valence-electron chi connectivity index (χ1n) is 16.7. The third-order valence-electron chi connectivity index (χ3n) is 8.67. The number of carbonyl (C=O) groups is 1. The number of fused-ring (bicyclic) bond motifs is 1. The highest BCUT2D eigenvalue weighted by Gasteiger charge is 2.37. The van der Waals surface area contributed by atoms with Crippen LogP contribution in [0.15, 0.2) is 120 Å². The summed E-state index contributed by atoms with van der Waals surface area (Å²) in [5.41, 5.74) is 15.2. The van der Waals surface area contributed by atoms with Crippen molar-refractivity contribution < 1.29 is 45.1 Å². The number of nitrogens with one attached hydrogen (secondary N) is 1. The number of nitro groups is 1. The summed E-state index contributed by atoms with van der Waals surface area (Å²) >= 11 is 0. The van der Waals surface area contributed by atoms with Crippen molar-refractivity contribution in [3.05, 3.63) is 117 Å². The SMILES string of the molecule is COc1cc(-c2ccc(NN=C3C(=O)c4c(cc(S(=O)(=O)O)c(N=Nc5ccc([N+](=O)[O-])cc5)c4N)C=C3S(=O)(=O)O)c(OC)c2)ccc1N=Nc1ccc(N)cc1C. The Morgan fingerprint density at radius 1 is 0.763 bits per heavy atom. The summed E-state index contributed by atoms with van der Waals surface area (Å²) in [4.78, 5) is 22.3. The Hall–Kier alpha value is -7.40. The van der Waals surface area contributed by atoms with E-state index in [0.717, 1.165) is 23.8 Å². The summed E-state index contributed by atoms with van der Waals surface area (Å²) in [6.45, 7) is 1.86. The number of ether oxygens (including phenoxy) is 2. The summed E-state index contributed by atoms with van der Waals surface area (Å²) < 4.78 is 81.2. The second kappa shape index (κ2) is 16.2. The van der Waals surface area contributed by atoms with Crippen molar-refractivity contribution in [1.82, 2.24) is 0 Å². The topological polar surface area (TPSA) is 313 Å². The van der Waals surface area contributed by atoms with Crippen molar-refractivity contribution in [2.75, 3.05) is 31.1 Å². The van der Waals surface area contributed by atoms with E-state index in [1.54, 1.807) is 48.5 Å². The third kappa shape index (κ3) is 8.79. The average Bonchev–Trinajstić information content (AvgIpc) is 3.18. The molecule has 0 amide bonds. The number of benzene rings is 5. The van der Waals surface area contributed by atoms with Gasteiger partial charge in [0.25, 0.3) is 25.9 Å². The Bertz CT molecular complexity index is 2910. The number of carbonyl (C=O) groups excluding carboxylic acids is 1. The maximum absolute atomic E-state index is 14.0. The van der Waals surface area contributed by atoms with Crippen molar-refractivity contribution >= 4 is 83.3 Å². The average molecular weight is 842 g/mol. The van der Waals surface area contributed by atoms with Crippen LogP contribution in [-0.2, 0) is 20.2 Å². The van der Waals surface area contributed by atoms with Gasteiger partial charge in [-0.3, -0.25) is 29.4 Å². The number of rotatable bonds is 12. The lowest BCUT2D eigenvalue weighted by Crippen LogP contribution is -2.28. The standard InChI is InChI=1S/C37H31N9O11S2/c1-19-14-23(38)6-13-26(19)41-42-27-11-4-20(15-29(27)56-2)21-5-12-28(30(16-21)57-3)43-45-36-32(59(53,54)55)18-22-17-31(58(50,51)52)35(34(39)33(22)37(36)47)44-40-24-7-9-25(10-8-24)46(48)49/h4-18,43H,38-39H2,1-3H3,(H,50,51,52)(H,53,54,55). The minimum absolute atomic E-state index is 0.00316. The molecule has 0 bridgehead atoms. The van der Waals surface area contributed by atoms with Crippen LogP contribution in [-0.4, -0.2) is 56.6 Å². The quantitative estimate of drug-likeness (QED) is 0.0264. The van der Waals surface area contributed by atoms with Crippen molar-refractivity contribution in [2.24, 2.45) is 25.6 Å². The van der Waals surface area contributed by atoms with E-state index in [-0.39, 0.29) is 22.8 Å². The summed E-state index contributed by atoms with van der Waals surface area (Å²) in [7, 11) is -7.52. The normalized spacial score (nSPS) is 13.7. The maximum atomic E-state index is 14.0. The molecule has 0 fully saturated rings. The molecule has 0 heterocycles. The molecule has 22 heteroatoms. The van der Waals surface area contributed by atoms with Crippen LogP contribution >= 0.6 is 0 Å². The number of nitrogen functional groups attached to an aromatic ring is 2. The number of ketones is 1. The van der Waals surface area contributed by atoms with Crippen LogP contribution in [0.1, 0.15) is 21.5 Å². The minimum atomic E-state index is -5.21. The number of azo groups is 2. The molecule has 7 N–H and O–H groups in total. The number of methoxy groups -OCH3 is 2. The Labute approximate surface area is 335 Å². The zero-order chi connectivity index (χ0) is 42.8. The van der Waals surface area contributed by atoms with Gasteiger partial charge in [0.05, 0.1) is 47.5 Å². The molecular formula is C37H31N9O11S2. The van der Waals surface area contributed by atoms with Gasteiger partial charge in [0.2, 0.25) is 5.78 Å². The van der Waals surface area contributed by atoms with Crippen LogP contribution in [0.5, 0.6) is 11.5 Å². The third-order valence-corrected chi connectivity index (χ3v) is 10.4. The number of hydrogen-bond acceptors (Lipinski definition) is 17. The predicted molar refractivity (Wildman–Crippen MR) is 218 cm³/mol. The van der Waals surface area contributed by atoms with E-state index in [1.165, 1.54) is 32.4 Å². The van der Waals surface area contributed by atoms with Crippen molar-refractivity contribution in [1.29, 1.82) is 0 Å². The van der Waals surface area contributed by atoms with E-state index in [0.29, 0.717) is 40.0 Å². The number of nitrogens with zero attached hydrogens (tertiary/aromatic N) is 6. The van der Waals surface area contributed by atoms with Gasteiger partial charge in [0.15, 0.2) is 5.71 Å². The number of Topliss-reactive ketones (excluding diaryl/α,β-unsaturated/α-hetero) is 1. The number of hydrazone groups is 1. The zero-order valence-electron chi connectivity index (χ0n) is 30.9. The molecule has 5 aromatic carbocycles. The van der Waals surface area contributed by atoms with Crippen LogP contribution in [0.3, 0.4) is 0 Å². The summed E-state index contributed by atoms with van der Waals surface area (Å²) in [5.74, 6) is -0.604. The van der Waals surface area contributed by atoms with Gasteiger partial charge in [0.1, 0.15) is 32.7 Å². The van der Waals surface area contributed by atoms with Gasteiger partial charge in [-0.05, 0) is 95.9 Å². The number of non-ortho nitro benzene ring substituents is 1. The highest BCUT2D eigenvalue weighted by molar-refractivity contribution is 7.91. The number of allylic oxidation sites excluding steroid dienone is 1. The van der Waals surface area contributed by atoms with Gasteiger partial charge in [-0.2, -0.15) is 32.2 Å². The summed E-state index contributed by atoms with van der Waals surface area (Å²) in [6.07, 6.45) is 0.739. The molecule has 0 unspecified atom stereocenters. The molecule has 0 radical (unpaired) electrons. The van der Waals surface area contributed by atoms with E-state index in [1.807, 2.05) is 6.92 Å². The second-order valence-corrected chi connectivity index (χ2v) is 15.3. The van der Waals surface area contributed by atoms with Crippen LogP contribution in [0.25, 0.3) is 17.2 Å². The van der Waals surface area contributed by atoms with Gasteiger partial charge in [-0.1, -0.05) is 12.1 Å². The molecule has 0 aliphatic heterocycles. The number of aryl methyl sites for hydroxylation is 1. The molecule has 0 atom stereocenters. The highest BCUT2D eigenvalue weighted by Crippen LogP contribution is 2.42. The molecule has 0 saturated carbocycles. The van der Waals surface area contributed by atoms with E-state index in [9.17, 15) is 40.8 Å². The van der Waals surface area contributed by atoms with E-state index in [2.05, 4.69) is 31.0 Å². The van der Waals surface area contributed by atoms with Gasteiger partial charge in [-0.25, -0.2) is 0 Å². The lowest BCUT2D eigenvalue weighted by Gasteiger charge is -2.20. The van der Waals surface area contributed by atoms with Gasteiger partial charge in [0, 0.05) is 17.8 Å². The second-order valence-electron chi connectivity index (χ2n) is 12.5. The molecule has 1 aliphatic rings. The Kier molecular flexibility index (Phi) is 11.3. The lowest BCUT2D eigenvalue weighted by atomic mass is 9.92. The molecule has 0 aromatic heterocycles. The van der Waals surface area contributed by atoms with Gasteiger partial charge >= 0.3 is 0 Å². The van der Waals surface area contributed by atoms with Crippen molar-refractivity contribution in [3.8, 4) is 22.6 Å².